The molecule has 2 aromatic rings. The van der Waals surface area contributed by atoms with Gasteiger partial charge in [-0.25, -0.2) is 0 Å². The first-order valence-corrected chi connectivity index (χ1v) is 9.11. The van der Waals surface area contributed by atoms with Crippen LogP contribution < -0.4 is 5.32 Å². The number of aliphatic hydroxyl groups is 2. The molecule has 0 aromatic heterocycles. The zero-order valence-corrected chi connectivity index (χ0v) is 14.8. The molecule has 0 radical (unpaired) electrons. The van der Waals surface area contributed by atoms with E-state index in [0.29, 0.717) is 32.8 Å². The van der Waals surface area contributed by atoms with E-state index in [2.05, 4.69) is 5.32 Å². The Labute approximate surface area is 154 Å². The lowest BCUT2D eigenvalue weighted by Crippen LogP contribution is -2.40. The Hall–Kier alpha value is -1.76. The van der Waals surface area contributed by atoms with E-state index in [4.69, 9.17) is 9.47 Å². The largest absolute Gasteiger partial charge is 0.389 e. The average Bonchev–Trinajstić information content (AvgIpc) is 2.96. The second-order valence-corrected chi connectivity index (χ2v) is 6.64. The minimum absolute atomic E-state index is 0.180. The average molecular weight is 357 g/mol. The number of rotatable bonds is 9. The predicted octanol–water partition coefficient (Wildman–Crippen LogP) is 1.87. The summed E-state index contributed by atoms with van der Waals surface area (Å²) in [5.41, 5.74) is 2.27. The molecule has 0 amide bonds. The van der Waals surface area contributed by atoms with Gasteiger partial charge in [-0.05, 0) is 17.5 Å². The maximum absolute atomic E-state index is 10.2. The Balaban J connectivity index is 1.36. The van der Waals surface area contributed by atoms with Crippen molar-refractivity contribution in [2.45, 2.75) is 43.9 Å². The van der Waals surface area contributed by atoms with Crippen molar-refractivity contribution in [2.24, 2.45) is 0 Å². The van der Waals surface area contributed by atoms with Crippen molar-refractivity contribution in [1.29, 1.82) is 0 Å². The summed E-state index contributed by atoms with van der Waals surface area (Å²) in [6.07, 6.45) is -1.50. The van der Waals surface area contributed by atoms with E-state index in [1.807, 2.05) is 60.7 Å². The highest BCUT2D eigenvalue weighted by atomic mass is 16.5. The summed E-state index contributed by atoms with van der Waals surface area (Å²) in [4.78, 5) is 0. The third kappa shape index (κ3) is 5.37. The van der Waals surface area contributed by atoms with Crippen LogP contribution in [0.25, 0.3) is 0 Å². The lowest BCUT2D eigenvalue weighted by Gasteiger charge is -2.18. The van der Waals surface area contributed by atoms with E-state index < -0.39 is 12.2 Å². The molecule has 1 fully saturated rings. The third-order valence-corrected chi connectivity index (χ3v) is 4.71. The van der Waals surface area contributed by atoms with Crippen LogP contribution in [0.15, 0.2) is 60.7 Å². The number of hydrogen-bond donors (Lipinski definition) is 3. The van der Waals surface area contributed by atoms with Gasteiger partial charge in [0.1, 0.15) is 6.10 Å². The first-order chi connectivity index (χ1) is 12.7. The van der Waals surface area contributed by atoms with Crippen LogP contribution in [0.4, 0.5) is 0 Å². The lowest BCUT2D eigenvalue weighted by atomic mass is 10.1. The monoisotopic (exact) mass is 357 g/mol. The number of benzene rings is 2. The molecule has 26 heavy (non-hydrogen) atoms. The van der Waals surface area contributed by atoms with Gasteiger partial charge >= 0.3 is 0 Å². The van der Waals surface area contributed by atoms with Crippen LogP contribution in [0.1, 0.15) is 17.5 Å². The Morgan fingerprint density at radius 1 is 0.846 bits per heavy atom. The molecule has 3 rings (SSSR count). The first-order valence-electron chi connectivity index (χ1n) is 9.11. The molecule has 140 valence electrons. The van der Waals surface area contributed by atoms with Gasteiger partial charge in [-0.2, -0.15) is 0 Å². The van der Waals surface area contributed by atoms with Gasteiger partial charge in [0.25, 0.3) is 0 Å². The molecule has 5 nitrogen and oxygen atoms in total. The van der Waals surface area contributed by atoms with Gasteiger partial charge in [0.05, 0.1) is 32.0 Å². The second-order valence-electron chi connectivity index (χ2n) is 6.64. The van der Waals surface area contributed by atoms with Crippen molar-refractivity contribution >= 4 is 0 Å². The van der Waals surface area contributed by atoms with Crippen molar-refractivity contribution in [3.8, 4) is 0 Å². The molecule has 0 bridgehead atoms. The molecule has 0 aliphatic heterocycles. The maximum atomic E-state index is 10.2. The van der Waals surface area contributed by atoms with Crippen LogP contribution >= 0.6 is 0 Å². The fourth-order valence-corrected chi connectivity index (χ4v) is 3.23. The van der Waals surface area contributed by atoms with Crippen molar-refractivity contribution < 1.29 is 19.7 Å². The second kappa shape index (κ2) is 9.80. The minimum Gasteiger partial charge on any atom is -0.389 e. The Kier molecular flexibility index (Phi) is 7.17. The standard InChI is InChI=1S/C21H27NO4/c23-20-18(22-14-16-7-3-1-4-8-16)13-19(21(20)24)26-12-11-25-15-17-9-5-2-6-10-17/h1-10,18-24H,11-15H2/t18?,19?,20-,21+/m0/s1. The Bertz CT molecular complexity index is 637. The normalized spacial score (nSPS) is 25.5. The van der Waals surface area contributed by atoms with E-state index in [1.54, 1.807) is 0 Å². The van der Waals surface area contributed by atoms with E-state index in [9.17, 15) is 10.2 Å². The summed E-state index contributed by atoms with van der Waals surface area (Å²) >= 11 is 0. The smallest absolute Gasteiger partial charge is 0.108 e. The van der Waals surface area contributed by atoms with Crippen molar-refractivity contribution in [1.82, 2.24) is 5.32 Å². The maximum Gasteiger partial charge on any atom is 0.108 e. The molecule has 0 saturated heterocycles. The molecule has 3 N–H and O–H groups in total. The van der Waals surface area contributed by atoms with Crippen molar-refractivity contribution in [3.63, 3.8) is 0 Å². The molecule has 5 heteroatoms. The summed E-state index contributed by atoms with van der Waals surface area (Å²) in [5.74, 6) is 0. The van der Waals surface area contributed by atoms with Gasteiger partial charge in [0, 0.05) is 12.6 Å². The SMILES string of the molecule is O[C@@H]1C(OCCOCc2ccccc2)CC(NCc2ccccc2)[C@@H]1O. The fourth-order valence-electron chi connectivity index (χ4n) is 3.23. The van der Waals surface area contributed by atoms with Gasteiger partial charge in [-0.15, -0.1) is 0 Å². The van der Waals surface area contributed by atoms with Gasteiger partial charge in [-0.3, -0.25) is 0 Å². The van der Waals surface area contributed by atoms with Gasteiger partial charge in [-0.1, -0.05) is 60.7 Å². The molecule has 1 aliphatic rings. The highest BCUT2D eigenvalue weighted by molar-refractivity contribution is 5.15. The van der Waals surface area contributed by atoms with Crippen molar-refractivity contribution in [3.05, 3.63) is 71.8 Å². The molecule has 0 heterocycles. The lowest BCUT2D eigenvalue weighted by molar-refractivity contribution is -0.0691. The molecule has 0 spiro atoms. The van der Waals surface area contributed by atoms with Crippen LogP contribution in [-0.4, -0.2) is 47.8 Å². The Morgan fingerprint density at radius 3 is 2.19 bits per heavy atom. The van der Waals surface area contributed by atoms with Gasteiger partial charge in [0.15, 0.2) is 0 Å². The van der Waals surface area contributed by atoms with Crippen molar-refractivity contribution in [2.75, 3.05) is 13.2 Å². The minimum atomic E-state index is -0.877. The molecular formula is C21H27NO4. The van der Waals surface area contributed by atoms with Gasteiger partial charge < -0.3 is 25.0 Å². The van der Waals surface area contributed by atoms with E-state index in [1.165, 1.54) is 0 Å². The van der Waals surface area contributed by atoms with Gasteiger partial charge in [0.2, 0.25) is 0 Å². The molecule has 1 saturated carbocycles. The summed E-state index contributed by atoms with van der Waals surface area (Å²) in [6, 6.07) is 19.8. The summed E-state index contributed by atoms with van der Waals surface area (Å²) in [6.45, 7) is 2.05. The number of aliphatic hydroxyl groups excluding tert-OH is 2. The topological polar surface area (TPSA) is 71.0 Å². The van der Waals surface area contributed by atoms with Crippen LogP contribution in [0.5, 0.6) is 0 Å². The number of hydrogen-bond acceptors (Lipinski definition) is 5. The molecule has 4 atom stereocenters. The van der Waals surface area contributed by atoms with E-state index in [-0.39, 0.29) is 12.1 Å². The molecular weight excluding hydrogens is 330 g/mol. The van der Waals surface area contributed by atoms with Crippen LogP contribution in [0.2, 0.25) is 0 Å². The van der Waals surface area contributed by atoms with Crippen LogP contribution in [-0.2, 0) is 22.6 Å². The number of nitrogens with one attached hydrogen (secondary N) is 1. The number of ether oxygens (including phenoxy) is 2. The van der Waals surface area contributed by atoms with E-state index >= 15 is 0 Å². The molecule has 2 unspecified atom stereocenters. The third-order valence-electron chi connectivity index (χ3n) is 4.71. The van der Waals surface area contributed by atoms with Crippen LogP contribution in [0, 0.1) is 0 Å². The highest BCUT2D eigenvalue weighted by Crippen LogP contribution is 2.24. The Morgan fingerprint density at radius 2 is 1.50 bits per heavy atom. The van der Waals surface area contributed by atoms with E-state index in [0.717, 1.165) is 11.1 Å². The summed E-state index contributed by atoms with van der Waals surface area (Å²) in [7, 11) is 0. The fraction of sp³-hybridized carbons (Fsp3) is 0.429. The van der Waals surface area contributed by atoms with Crippen LogP contribution in [0.3, 0.4) is 0 Å². The highest BCUT2D eigenvalue weighted by Gasteiger charge is 2.41. The molecule has 1 aliphatic carbocycles. The quantitative estimate of drug-likeness (QED) is 0.598. The molecule has 2 aromatic carbocycles. The summed E-state index contributed by atoms with van der Waals surface area (Å²) < 4.78 is 11.3. The zero-order valence-electron chi connectivity index (χ0n) is 14.8. The summed E-state index contributed by atoms with van der Waals surface area (Å²) in [5, 5.41) is 23.7. The predicted molar refractivity (Wildman–Crippen MR) is 99.5 cm³/mol. The first kappa shape index (κ1) is 19.0. The zero-order chi connectivity index (χ0) is 18.2.